The highest BCUT2D eigenvalue weighted by Gasteiger charge is 2.19. The molecule has 2 aliphatic rings. The number of aliphatic imine (C=N–C) groups is 1. The summed E-state index contributed by atoms with van der Waals surface area (Å²) in [5.74, 6) is 2.10. The normalized spacial score (nSPS) is 16.2. The first-order valence-electron chi connectivity index (χ1n) is 10.0. The Hall–Kier alpha value is -4.41. The summed E-state index contributed by atoms with van der Waals surface area (Å²) in [7, 11) is 0. The van der Waals surface area contributed by atoms with Gasteiger partial charge in [-0.1, -0.05) is 6.58 Å². The maximum atomic E-state index is 11.8. The Labute approximate surface area is 183 Å². The number of pyridine rings is 2. The van der Waals surface area contributed by atoms with Crippen LogP contribution in [0.5, 0.6) is 0 Å². The van der Waals surface area contributed by atoms with E-state index in [1.54, 1.807) is 22.1 Å². The third-order valence-electron chi connectivity index (χ3n) is 5.49. The number of fused-ring (bicyclic) bond motifs is 2. The van der Waals surface area contributed by atoms with Gasteiger partial charge in [-0.15, -0.1) is 0 Å². The minimum atomic E-state index is -0.0486. The molecule has 0 unspecified atom stereocenters. The molecule has 5 rings (SSSR count). The number of carbonyl (C=O) groups is 1. The first kappa shape index (κ1) is 19.5. The van der Waals surface area contributed by atoms with E-state index in [2.05, 4.69) is 37.3 Å². The van der Waals surface area contributed by atoms with Gasteiger partial charge in [0, 0.05) is 42.0 Å². The number of aromatic nitrogens is 4. The SMILES string of the molecule is C=C1N=CN(c2cc3cc(Nc4cc5n(n4)CC(=O)NCC5)ncc3c(N)n2)C(C)=C1N. The van der Waals surface area contributed by atoms with Crippen LogP contribution in [-0.4, -0.2) is 38.5 Å². The second-order valence-electron chi connectivity index (χ2n) is 7.62. The predicted molar refractivity (Wildman–Crippen MR) is 123 cm³/mol. The minimum Gasteiger partial charge on any atom is -0.396 e. The van der Waals surface area contributed by atoms with Gasteiger partial charge in [0.25, 0.3) is 0 Å². The van der Waals surface area contributed by atoms with Gasteiger partial charge in [-0.3, -0.25) is 14.4 Å². The lowest BCUT2D eigenvalue weighted by molar-refractivity contribution is -0.121. The van der Waals surface area contributed by atoms with Crippen LogP contribution in [0.25, 0.3) is 10.8 Å². The van der Waals surface area contributed by atoms with Crippen LogP contribution in [0.2, 0.25) is 0 Å². The van der Waals surface area contributed by atoms with Gasteiger partial charge in [0.1, 0.15) is 30.3 Å². The van der Waals surface area contributed by atoms with Gasteiger partial charge in [0.15, 0.2) is 5.82 Å². The molecule has 11 nitrogen and oxygen atoms in total. The van der Waals surface area contributed by atoms with Gasteiger partial charge >= 0.3 is 0 Å². The molecule has 2 aliphatic heterocycles. The van der Waals surface area contributed by atoms with Crippen molar-refractivity contribution in [1.82, 2.24) is 25.1 Å². The Bertz CT molecular complexity index is 1340. The van der Waals surface area contributed by atoms with Crippen molar-refractivity contribution in [1.29, 1.82) is 0 Å². The number of amides is 1. The summed E-state index contributed by atoms with van der Waals surface area (Å²) in [5, 5.41) is 12.1. The second-order valence-corrected chi connectivity index (χ2v) is 7.62. The Kier molecular flexibility index (Phi) is 4.51. The zero-order valence-electron chi connectivity index (χ0n) is 17.5. The van der Waals surface area contributed by atoms with Crippen LogP contribution in [0.1, 0.15) is 12.6 Å². The molecule has 0 atom stereocenters. The Morgan fingerprint density at radius 2 is 2.06 bits per heavy atom. The van der Waals surface area contributed by atoms with Gasteiger partial charge in [-0.2, -0.15) is 5.10 Å². The number of carbonyl (C=O) groups excluding carboxylic acids is 1. The molecule has 32 heavy (non-hydrogen) atoms. The predicted octanol–water partition coefficient (Wildman–Crippen LogP) is 1.38. The van der Waals surface area contributed by atoms with E-state index in [0.717, 1.165) is 28.6 Å². The summed E-state index contributed by atoms with van der Waals surface area (Å²) in [6.07, 6.45) is 4.01. The molecule has 3 aromatic rings. The number of anilines is 4. The standard InChI is InChI=1S/C21H22N10O/c1-11-20(22)12(2)30(10-26-11)18-6-13-5-16(25-8-15(13)21(23)28-18)27-17-7-14-3-4-24-19(32)9-31(14)29-17/h5-8,10H,1,3-4,9,22H2,2H3,(H2,23,28)(H,24,32)(H,25,27,29). The summed E-state index contributed by atoms with van der Waals surface area (Å²) < 4.78 is 1.70. The van der Waals surface area contributed by atoms with Crippen LogP contribution < -0.4 is 27.0 Å². The topological polar surface area (TPSA) is 152 Å². The van der Waals surface area contributed by atoms with Gasteiger partial charge in [-0.25, -0.2) is 15.0 Å². The van der Waals surface area contributed by atoms with E-state index < -0.39 is 0 Å². The lowest BCUT2D eigenvalue weighted by Crippen LogP contribution is -2.27. The Morgan fingerprint density at radius 1 is 1.22 bits per heavy atom. The van der Waals surface area contributed by atoms with Crippen LogP contribution in [0.3, 0.4) is 0 Å². The molecular formula is C21H22N10O. The Balaban J connectivity index is 1.48. The van der Waals surface area contributed by atoms with E-state index >= 15 is 0 Å². The van der Waals surface area contributed by atoms with Gasteiger partial charge in [-0.05, 0) is 24.4 Å². The van der Waals surface area contributed by atoms with Crippen molar-refractivity contribution in [2.45, 2.75) is 19.9 Å². The molecule has 0 bridgehead atoms. The minimum absolute atomic E-state index is 0.0486. The molecule has 162 valence electrons. The second kappa shape index (κ2) is 7.38. The number of nitrogen functional groups attached to an aromatic ring is 1. The molecule has 0 spiro atoms. The first-order valence-corrected chi connectivity index (χ1v) is 10.0. The van der Waals surface area contributed by atoms with Gasteiger partial charge in [0.05, 0.1) is 11.4 Å². The zero-order valence-corrected chi connectivity index (χ0v) is 17.5. The summed E-state index contributed by atoms with van der Waals surface area (Å²) in [6, 6.07) is 5.69. The molecular weight excluding hydrogens is 408 g/mol. The smallest absolute Gasteiger partial charge is 0.241 e. The number of nitrogens with two attached hydrogens (primary N) is 2. The molecule has 0 saturated carbocycles. The molecule has 11 heteroatoms. The fraction of sp³-hybridized carbons (Fsp3) is 0.190. The maximum Gasteiger partial charge on any atom is 0.241 e. The zero-order chi connectivity index (χ0) is 22.4. The van der Waals surface area contributed by atoms with E-state index in [-0.39, 0.29) is 12.5 Å². The van der Waals surface area contributed by atoms with Gasteiger partial charge in [0.2, 0.25) is 5.91 Å². The average molecular weight is 430 g/mol. The van der Waals surface area contributed by atoms with Crippen molar-refractivity contribution in [3.05, 3.63) is 53.8 Å². The summed E-state index contributed by atoms with van der Waals surface area (Å²) in [4.78, 5) is 26.7. The third-order valence-corrected chi connectivity index (χ3v) is 5.49. The molecule has 0 fully saturated rings. The third kappa shape index (κ3) is 3.39. The summed E-state index contributed by atoms with van der Waals surface area (Å²) in [6.45, 7) is 6.50. The molecule has 5 heterocycles. The number of hydrogen-bond acceptors (Lipinski definition) is 9. The van der Waals surface area contributed by atoms with E-state index in [0.29, 0.717) is 41.2 Å². The highest BCUT2D eigenvalue weighted by molar-refractivity contribution is 5.96. The monoisotopic (exact) mass is 430 g/mol. The van der Waals surface area contributed by atoms with Crippen molar-refractivity contribution in [3.63, 3.8) is 0 Å². The molecule has 1 amide bonds. The summed E-state index contributed by atoms with van der Waals surface area (Å²) >= 11 is 0. The van der Waals surface area contributed by atoms with Crippen LogP contribution in [0, 0.1) is 0 Å². The average Bonchev–Trinajstić information content (AvgIpc) is 3.03. The largest absolute Gasteiger partial charge is 0.396 e. The number of allylic oxidation sites excluding steroid dienone is 1. The van der Waals surface area contributed by atoms with E-state index in [1.165, 1.54) is 0 Å². The van der Waals surface area contributed by atoms with E-state index in [4.69, 9.17) is 11.5 Å². The quantitative estimate of drug-likeness (QED) is 0.486. The number of nitrogens with one attached hydrogen (secondary N) is 2. The van der Waals surface area contributed by atoms with E-state index in [9.17, 15) is 4.79 Å². The molecule has 6 N–H and O–H groups in total. The lowest BCUT2D eigenvalue weighted by Gasteiger charge is -2.25. The lowest BCUT2D eigenvalue weighted by atomic mass is 10.2. The van der Waals surface area contributed by atoms with Gasteiger partial charge < -0.3 is 22.1 Å². The van der Waals surface area contributed by atoms with Crippen molar-refractivity contribution >= 4 is 46.3 Å². The fourth-order valence-corrected chi connectivity index (χ4v) is 3.71. The summed E-state index contributed by atoms with van der Waals surface area (Å²) in [5.41, 5.74) is 15.1. The van der Waals surface area contributed by atoms with Crippen molar-refractivity contribution in [2.75, 3.05) is 22.5 Å². The molecule has 0 aromatic carbocycles. The maximum absolute atomic E-state index is 11.8. The molecule has 3 aromatic heterocycles. The van der Waals surface area contributed by atoms with E-state index in [1.807, 2.05) is 25.1 Å². The molecule has 0 radical (unpaired) electrons. The molecule has 0 aliphatic carbocycles. The van der Waals surface area contributed by atoms with Crippen LogP contribution in [0.4, 0.5) is 23.3 Å². The van der Waals surface area contributed by atoms with Crippen LogP contribution >= 0.6 is 0 Å². The highest BCUT2D eigenvalue weighted by Crippen LogP contribution is 2.30. The van der Waals surface area contributed by atoms with Crippen LogP contribution in [0.15, 0.2) is 53.1 Å². The Morgan fingerprint density at radius 3 is 2.91 bits per heavy atom. The van der Waals surface area contributed by atoms with Crippen molar-refractivity contribution in [3.8, 4) is 0 Å². The fourth-order valence-electron chi connectivity index (χ4n) is 3.71. The number of hydrogen-bond donors (Lipinski definition) is 4. The number of rotatable bonds is 3. The van der Waals surface area contributed by atoms with Crippen molar-refractivity contribution in [2.24, 2.45) is 10.7 Å². The first-order chi connectivity index (χ1) is 15.4. The van der Waals surface area contributed by atoms with Crippen molar-refractivity contribution < 1.29 is 4.79 Å². The molecule has 0 saturated heterocycles. The van der Waals surface area contributed by atoms with Crippen LogP contribution in [-0.2, 0) is 17.8 Å². The number of nitrogens with zero attached hydrogens (tertiary/aromatic N) is 6. The highest BCUT2D eigenvalue weighted by atomic mass is 16.2.